The van der Waals surface area contributed by atoms with Gasteiger partial charge in [0.2, 0.25) is 0 Å². The maximum Gasteiger partial charge on any atom is 0.433 e. The first-order valence-electron chi connectivity index (χ1n) is 11.1. The molecule has 3 heterocycles. The summed E-state index contributed by atoms with van der Waals surface area (Å²) in [5.74, 6) is -2.09. The first-order chi connectivity index (χ1) is 18.0. The number of hydrogen-bond donors (Lipinski definition) is 3. The highest BCUT2D eigenvalue weighted by Crippen LogP contribution is 2.43. The fraction of sp³-hybridized carbons (Fsp3) is 0.0769. The van der Waals surface area contributed by atoms with Crippen LogP contribution >= 0.6 is 11.3 Å². The zero-order valence-electron chi connectivity index (χ0n) is 19.5. The van der Waals surface area contributed by atoms with E-state index in [-0.39, 0.29) is 32.0 Å². The summed E-state index contributed by atoms with van der Waals surface area (Å²) in [5.41, 5.74) is 6.68. The van der Waals surface area contributed by atoms with Gasteiger partial charge < -0.3 is 11.1 Å². The molecule has 0 saturated heterocycles. The highest BCUT2D eigenvalue weighted by molar-refractivity contribution is 7.21. The third kappa shape index (κ3) is 4.73. The molecular formula is C26H17F4N5O2S. The Morgan fingerprint density at radius 3 is 2.29 bits per heavy atom. The Labute approximate surface area is 216 Å². The fourth-order valence-electron chi connectivity index (χ4n) is 3.88. The SMILES string of the molecule is Cc1ccc(-c2cc(C(F)(F)F)nc3sc(C(N)=O)c(NC(=O)c4cc(-c5ccc(F)cc5)n[nH]4)c23)cc1. The standard InChI is InChI=1S/C26H17F4N5O2S/c1-12-2-4-13(5-3-12)16-10-19(26(28,29)30)32-25-20(16)21(22(38-25)23(31)36)33-24(37)18-11-17(34-35-18)14-6-8-15(27)9-7-14/h2-11H,1H3,(H2,31,36)(H,33,37)(H,34,35). The molecule has 0 bridgehead atoms. The van der Waals surface area contributed by atoms with Gasteiger partial charge in [0.05, 0.1) is 11.4 Å². The number of hydrogen-bond acceptors (Lipinski definition) is 5. The van der Waals surface area contributed by atoms with Gasteiger partial charge in [0.25, 0.3) is 11.8 Å². The van der Waals surface area contributed by atoms with Crippen molar-refractivity contribution in [1.29, 1.82) is 0 Å². The molecule has 5 rings (SSSR count). The van der Waals surface area contributed by atoms with Crippen LogP contribution in [0.2, 0.25) is 0 Å². The quantitative estimate of drug-likeness (QED) is 0.232. The van der Waals surface area contributed by atoms with Crippen LogP contribution in [0, 0.1) is 12.7 Å². The highest BCUT2D eigenvalue weighted by Gasteiger charge is 2.35. The van der Waals surface area contributed by atoms with Gasteiger partial charge in [0.15, 0.2) is 0 Å². The number of pyridine rings is 1. The lowest BCUT2D eigenvalue weighted by Crippen LogP contribution is -2.17. The average Bonchev–Trinajstić information content (AvgIpc) is 3.50. The molecule has 12 heteroatoms. The number of aromatic nitrogens is 3. The molecule has 7 nitrogen and oxygen atoms in total. The van der Waals surface area contributed by atoms with Crippen LogP contribution in [0.1, 0.15) is 31.4 Å². The van der Waals surface area contributed by atoms with Crippen LogP contribution in [-0.2, 0) is 6.18 Å². The number of halogens is 4. The molecule has 5 aromatic rings. The van der Waals surface area contributed by atoms with Gasteiger partial charge in [-0.2, -0.15) is 18.3 Å². The molecule has 0 saturated carbocycles. The van der Waals surface area contributed by atoms with E-state index in [1.807, 2.05) is 6.92 Å². The molecule has 2 aromatic carbocycles. The average molecular weight is 540 g/mol. The summed E-state index contributed by atoms with van der Waals surface area (Å²) in [4.78, 5) is 28.9. The molecular weight excluding hydrogens is 522 g/mol. The maximum absolute atomic E-state index is 13.7. The van der Waals surface area contributed by atoms with Gasteiger partial charge in [0.1, 0.15) is 26.9 Å². The second-order valence-electron chi connectivity index (χ2n) is 8.40. The van der Waals surface area contributed by atoms with Crippen LogP contribution in [0.4, 0.5) is 23.2 Å². The predicted molar refractivity (Wildman–Crippen MR) is 135 cm³/mol. The number of nitrogens with one attached hydrogen (secondary N) is 2. The van der Waals surface area contributed by atoms with Gasteiger partial charge in [-0.15, -0.1) is 11.3 Å². The Morgan fingerprint density at radius 1 is 1.00 bits per heavy atom. The molecule has 0 unspecified atom stereocenters. The van der Waals surface area contributed by atoms with Gasteiger partial charge in [0, 0.05) is 10.9 Å². The highest BCUT2D eigenvalue weighted by atomic mass is 32.1. The number of amides is 2. The van der Waals surface area contributed by atoms with Crippen LogP contribution < -0.4 is 11.1 Å². The zero-order valence-corrected chi connectivity index (χ0v) is 20.3. The Hall–Kier alpha value is -4.58. The van der Waals surface area contributed by atoms with Crippen LogP contribution in [0.3, 0.4) is 0 Å². The molecule has 3 aromatic heterocycles. The number of nitrogens with two attached hydrogens (primary N) is 1. The number of nitrogens with zero attached hydrogens (tertiary/aromatic N) is 2. The van der Waals surface area contributed by atoms with Gasteiger partial charge in [-0.05, 0) is 54.4 Å². The second-order valence-corrected chi connectivity index (χ2v) is 9.40. The van der Waals surface area contributed by atoms with Gasteiger partial charge in [-0.3, -0.25) is 14.7 Å². The first kappa shape index (κ1) is 25.1. The van der Waals surface area contributed by atoms with Crippen molar-refractivity contribution in [3.8, 4) is 22.4 Å². The molecule has 0 aliphatic carbocycles. The van der Waals surface area contributed by atoms with E-state index in [0.717, 1.165) is 11.6 Å². The number of thiophene rings is 1. The lowest BCUT2D eigenvalue weighted by Gasteiger charge is -2.12. The van der Waals surface area contributed by atoms with E-state index in [1.165, 1.54) is 30.3 Å². The summed E-state index contributed by atoms with van der Waals surface area (Å²) >= 11 is 0.653. The van der Waals surface area contributed by atoms with Crippen molar-refractivity contribution in [3.05, 3.63) is 88.3 Å². The molecule has 0 fully saturated rings. The number of alkyl halides is 3. The molecule has 0 radical (unpaired) electrons. The largest absolute Gasteiger partial charge is 0.433 e. The van der Waals surface area contributed by atoms with Crippen LogP contribution in [-0.4, -0.2) is 27.0 Å². The topological polar surface area (TPSA) is 114 Å². The van der Waals surface area contributed by atoms with Crippen LogP contribution in [0.15, 0.2) is 60.7 Å². The van der Waals surface area contributed by atoms with Crippen molar-refractivity contribution < 1.29 is 27.2 Å². The number of carbonyl (C=O) groups is 2. The minimum atomic E-state index is -4.75. The normalized spacial score (nSPS) is 11.6. The third-order valence-electron chi connectivity index (χ3n) is 5.74. The predicted octanol–water partition coefficient (Wildman–Crippen LogP) is 6.17. The molecule has 0 aliphatic heterocycles. The Morgan fingerprint density at radius 2 is 1.66 bits per heavy atom. The Kier molecular flexibility index (Phi) is 6.19. The summed E-state index contributed by atoms with van der Waals surface area (Å²) in [6, 6.07) is 14.5. The second kappa shape index (κ2) is 9.38. The monoisotopic (exact) mass is 539 g/mol. The summed E-state index contributed by atoms with van der Waals surface area (Å²) in [6.07, 6.45) is -4.75. The van der Waals surface area contributed by atoms with Crippen molar-refractivity contribution in [2.45, 2.75) is 13.1 Å². The van der Waals surface area contributed by atoms with E-state index < -0.39 is 29.5 Å². The molecule has 0 atom stereocenters. The molecule has 38 heavy (non-hydrogen) atoms. The number of rotatable bonds is 5. The summed E-state index contributed by atoms with van der Waals surface area (Å²) < 4.78 is 54.3. The molecule has 4 N–H and O–H groups in total. The van der Waals surface area contributed by atoms with E-state index in [9.17, 15) is 27.2 Å². The number of anilines is 1. The number of carbonyl (C=O) groups excluding carboxylic acids is 2. The summed E-state index contributed by atoms with van der Waals surface area (Å²) in [5, 5.41) is 9.39. The van der Waals surface area contributed by atoms with Crippen molar-refractivity contribution in [3.63, 3.8) is 0 Å². The minimum Gasteiger partial charge on any atom is -0.365 e. The van der Waals surface area contributed by atoms with Crippen molar-refractivity contribution in [1.82, 2.24) is 15.2 Å². The number of benzene rings is 2. The number of H-pyrrole nitrogens is 1. The zero-order chi connectivity index (χ0) is 27.2. The Balaban J connectivity index is 1.63. The van der Waals surface area contributed by atoms with Crippen molar-refractivity contribution >= 4 is 39.1 Å². The number of aryl methyl sites for hydroxylation is 1. The number of primary amides is 1. The van der Waals surface area contributed by atoms with E-state index >= 15 is 0 Å². The summed E-state index contributed by atoms with van der Waals surface area (Å²) in [6.45, 7) is 1.83. The van der Waals surface area contributed by atoms with E-state index in [4.69, 9.17) is 5.73 Å². The third-order valence-corrected chi connectivity index (χ3v) is 6.84. The van der Waals surface area contributed by atoms with E-state index in [0.29, 0.717) is 28.2 Å². The fourth-order valence-corrected chi connectivity index (χ4v) is 4.89. The maximum atomic E-state index is 13.7. The van der Waals surface area contributed by atoms with Gasteiger partial charge in [-0.25, -0.2) is 9.37 Å². The molecule has 192 valence electrons. The van der Waals surface area contributed by atoms with Crippen molar-refractivity contribution in [2.24, 2.45) is 5.73 Å². The van der Waals surface area contributed by atoms with Crippen LogP contribution in [0.25, 0.3) is 32.6 Å². The lowest BCUT2D eigenvalue weighted by molar-refractivity contribution is -0.140. The smallest absolute Gasteiger partial charge is 0.365 e. The number of aromatic amines is 1. The molecule has 2 amide bonds. The molecule has 0 spiro atoms. The van der Waals surface area contributed by atoms with E-state index in [1.54, 1.807) is 24.3 Å². The minimum absolute atomic E-state index is 0.00384. The van der Waals surface area contributed by atoms with Crippen molar-refractivity contribution in [2.75, 3.05) is 5.32 Å². The van der Waals surface area contributed by atoms with Gasteiger partial charge in [-0.1, -0.05) is 29.8 Å². The summed E-state index contributed by atoms with van der Waals surface area (Å²) in [7, 11) is 0. The Bertz CT molecular complexity index is 1690. The lowest BCUT2D eigenvalue weighted by atomic mass is 10.00. The first-order valence-corrected chi connectivity index (χ1v) is 11.9. The number of fused-ring (bicyclic) bond motifs is 1. The van der Waals surface area contributed by atoms with Gasteiger partial charge >= 0.3 is 6.18 Å². The van der Waals surface area contributed by atoms with E-state index in [2.05, 4.69) is 20.5 Å². The molecule has 0 aliphatic rings. The van der Waals surface area contributed by atoms with Crippen LogP contribution in [0.5, 0.6) is 0 Å².